The zero-order valence-corrected chi connectivity index (χ0v) is 19.6. The van der Waals surface area contributed by atoms with Gasteiger partial charge in [-0.25, -0.2) is 4.98 Å². The third-order valence-corrected chi connectivity index (χ3v) is 5.02. The SMILES string of the molecule is COc1ccc(CCOc2cccc(-c3cccc(C(=O)NCCNC(C)=O)c3)n2)cc1OC. The van der Waals surface area contributed by atoms with Gasteiger partial charge in [0.05, 0.1) is 26.5 Å². The molecule has 0 fully saturated rings. The molecule has 0 aliphatic heterocycles. The fraction of sp³-hybridized carbons (Fsp3) is 0.269. The van der Waals surface area contributed by atoms with Crippen molar-refractivity contribution in [1.29, 1.82) is 0 Å². The Morgan fingerprint density at radius 3 is 2.41 bits per heavy atom. The number of amides is 2. The number of ether oxygens (including phenoxy) is 3. The van der Waals surface area contributed by atoms with Crippen molar-refractivity contribution in [2.45, 2.75) is 13.3 Å². The van der Waals surface area contributed by atoms with Crippen molar-refractivity contribution in [3.8, 4) is 28.6 Å². The van der Waals surface area contributed by atoms with E-state index in [1.807, 2.05) is 42.5 Å². The minimum absolute atomic E-state index is 0.131. The van der Waals surface area contributed by atoms with Crippen molar-refractivity contribution in [3.05, 3.63) is 71.8 Å². The number of hydrogen-bond donors (Lipinski definition) is 2. The van der Waals surface area contributed by atoms with Crippen LogP contribution in [0, 0.1) is 0 Å². The van der Waals surface area contributed by atoms with Gasteiger partial charge >= 0.3 is 0 Å². The molecule has 0 atom stereocenters. The van der Waals surface area contributed by atoms with E-state index in [1.54, 1.807) is 32.4 Å². The van der Waals surface area contributed by atoms with Gasteiger partial charge in [-0.1, -0.05) is 24.3 Å². The Kier molecular flexibility index (Phi) is 8.85. The molecule has 0 aliphatic rings. The topological polar surface area (TPSA) is 98.8 Å². The monoisotopic (exact) mass is 463 g/mol. The molecular formula is C26H29N3O5. The lowest BCUT2D eigenvalue weighted by molar-refractivity contribution is -0.118. The highest BCUT2D eigenvalue weighted by molar-refractivity contribution is 5.95. The summed E-state index contributed by atoms with van der Waals surface area (Å²) in [6.07, 6.45) is 0.681. The summed E-state index contributed by atoms with van der Waals surface area (Å²) in [5.41, 5.74) is 3.09. The largest absolute Gasteiger partial charge is 0.493 e. The molecule has 2 N–H and O–H groups in total. The van der Waals surface area contributed by atoms with Crippen molar-refractivity contribution in [2.75, 3.05) is 33.9 Å². The highest BCUT2D eigenvalue weighted by atomic mass is 16.5. The van der Waals surface area contributed by atoms with E-state index in [1.165, 1.54) is 6.92 Å². The molecule has 0 saturated heterocycles. The molecule has 34 heavy (non-hydrogen) atoms. The van der Waals surface area contributed by atoms with Gasteiger partial charge in [0.15, 0.2) is 11.5 Å². The molecule has 0 radical (unpaired) electrons. The van der Waals surface area contributed by atoms with Gasteiger partial charge in [0, 0.05) is 43.6 Å². The van der Waals surface area contributed by atoms with Crippen LogP contribution >= 0.6 is 0 Å². The number of nitrogens with one attached hydrogen (secondary N) is 2. The first-order chi connectivity index (χ1) is 16.5. The number of rotatable bonds is 11. The second-order valence-electron chi connectivity index (χ2n) is 7.47. The maximum atomic E-state index is 12.4. The average Bonchev–Trinajstić information content (AvgIpc) is 2.86. The van der Waals surface area contributed by atoms with Crippen molar-refractivity contribution in [1.82, 2.24) is 15.6 Å². The van der Waals surface area contributed by atoms with Gasteiger partial charge in [-0.15, -0.1) is 0 Å². The Hall–Kier alpha value is -4.07. The summed E-state index contributed by atoms with van der Waals surface area (Å²) < 4.78 is 16.5. The van der Waals surface area contributed by atoms with Crippen LogP contribution in [-0.4, -0.2) is 50.7 Å². The Bertz CT molecular complexity index is 1130. The predicted molar refractivity (Wildman–Crippen MR) is 129 cm³/mol. The smallest absolute Gasteiger partial charge is 0.251 e. The first kappa shape index (κ1) is 24.6. The summed E-state index contributed by atoms with van der Waals surface area (Å²) in [6, 6.07) is 18.5. The van der Waals surface area contributed by atoms with Crippen LogP contribution in [0.25, 0.3) is 11.3 Å². The minimum Gasteiger partial charge on any atom is -0.493 e. The van der Waals surface area contributed by atoms with Gasteiger partial charge in [0.1, 0.15) is 0 Å². The maximum Gasteiger partial charge on any atom is 0.251 e. The quantitative estimate of drug-likeness (QED) is 0.424. The normalized spacial score (nSPS) is 10.3. The van der Waals surface area contributed by atoms with E-state index in [0.29, 0.717) is 54.8 Å². The molecule has 3 rings (SSSR count). The predicted octanol–water partition coefficient (Wildman–Crippen LogP) is 3.25. The number of aromatic nitrogens is 1. The molecule has 0 spiro atoms. The lowest BCUT2D eigenvalue weighted by Crippen LogP contribution is -2.33. The van der Waals surface area contributed by atoms with Crippen LogP contribution in [0.5, 0.6) is 17.4 Å². The first-order valence-electron chi connectivity index (χ1n) is 10.9. The zero-order chi connectivity index (χ0) is 24.3. The van der Waals surface area contributed by atoms with Crippen LogP contribution in [0.2, 0.25) is 0 Å². The number of nitrogens with zero attached hydrogens (tertiary/aromatic N) is 1. The first-order valence-corrected chi connectivity index (χ1v) is 10.9. The van der Waals surface area contributed by atoms with E-state index in [0.717, 1.165) is 11.1 Å². The number of benzene rings is 2. The number of pyridine rings is 1. The van der Waals surface area contributed by atoms with Crippen LogP contribution < -0.4 is 24.8 Å². The molecule has 1 aromatic heterocycles. The van der Waals surface area contributed by atoms with Crippen LogP contribution in [0.4, 0.5) is 0 Å². The molecule has 0 aliphatic carbocycles. The highest BCUT2D eigenvalue weighted by Gasteiger charge is 2.09. The fourth-order valence-corrected chi connectivity index (χ4v) is 3.30. The third kappa shape index (κ3) is 6.96. The lowest BCUT2D eigenvalue weighted by Gasteiger charge is -2.11. The molecule has 0 unspecified atom stereocenters. The summed E-state index contributed by atoms with van der Waals surface area (Å²) in [4.78, 5) is 27.9. The summed E-state index contributed by atoms with van der Waals surface area (Å²) in [5, 5.41) is 5.43. The average molecular weight is 464 g/mol. The van der Waals surface area contributed by atoms with E-state index in [2.05, 4.69) is 15.6 Å². The Labute approximate surface area is 199 Å². The number of hydrogen-bond acceptors (Lipinski definition) is 6. The zero-order valence-electron chi connectivity index (χ0n) is 19.6. The molecular weight excluding hydrogens is 434 g/mol. The van der Waals surface area contributed by atoms with Crippen molar-refractivity contribution >= 4 is 11.8 Å². The highest BCUT2D eigenvalue weighted by Crippen LogP contribution is 2.28. The molecule has 0 bridgehead atoms. The Morgan fingerprint density at radius 2 is 1.65 bits per heavy atom. The van der Waals surface area contributed by atoms with Gasteiger partial charge < -0.3 is 24.8 Å². The lowest BCUT2D eigenvalue weighted by atomic mass is 10.1. The van der Waals surface area contributed by atoms with E-state index >= 15 is 0 Å². The number of carbonyl (C=O) groups excluding carboxylic acids is 2. The Morgan fingerprint density at radius 1 is 0.882 bits per heavy atom. The van der Waals surface area contributed by atoms with Crippen LogP contribution in [0.3, 0.4) is 0 Å². The third-order valence-electron chi connectivity index (χ3n) is 5.02. The van der Waals surface area contributed by atoms with Gasteiger partial charge in [-0.3, -0.25) is 9.59 Å². The van der Waals surface area contributed by atoms with Crippen molar-refractivity contribution in [3.63, 3.8) is 0 Å². The molecule has 0 saturated carbocycles. The van der Waals surface area contributed by atoms with Crippen LogP contribution in [0.15, 0.2) is 60.7 Å². The van der Waals surface area contributed by atoms with E-state index in [-0.39, 0.29) is 11.8 Å². The molecule has 2 amide bonds. The molecule has 1 heterocycles. The summed E-state index contributed by atoms with van der Waals surface area (Å²) in [7, 11) is 3.22. The van der Waals surface area contributed by atoms with Gasteiger partial charge in [-0.2, -0.15) is 0 Å². The van der Waals surface area contributed by atoms with Crippen molar-refractivity contribution in [2.24, 2.45) is 0 Å². The molecule has 8 nitrogen and oxygen atoms in total. The van der Waals surface area contributed by atoms with Gasteiger partial charge in [0.25, 0.3) is 5.91 Å². The minimum atomic E-state index is -0.213. The summed E-state index contributed by atoms with van der Waals surface area (Å²) in [6.45, 7) is 2.62. The van der Waals surface area contributed by atoms with Gasteiger partial charge in [0.2, 0.25) is 11.8 Å². The number of carbonyl (C=O) groups is 2. The van der Waals surface area contributed by atoms with E-state index < -0.39 is 0 Å². The fourth-order valence-electron chi connectivity index (χ4n) is 3.30. The number of methoxy groups -OCH3 is 2. The molecule has 8 heteroatoms. The van der Waals surface area contributed by atoms with Crippen LogP contribution in [0.1, 0.15) is 22.8 Å². The van der Waals surface area contributed by atoms with Crippen LogP contribution in [-0.2, 0) is 11.2 Å². The second kappa shape index (κ2) is 12.2. The summed E-state index contributed by atoms with van der Waals surface area (Å²) in [5.74, 6) is 1.52. The molecule has 178 valence electrons. The molecule has 3 aromatic rings. The molecule has 2 aromatic carbocycles. The van der Waals surface area contributed by atoms with E-state index in [4.69, 9.17) is 14.2 Å². The standard InChI is InChI=1S/C26H29N3O5/c1-18(30)27-13-14-28-26(31)21-7-4-6-20(17-21)22-8-5-9-25(29-22)34-15-12-19-10-11-23(32-2)24(16-19)33-3/h4-11,16-17H,12-15H2,1-3H3,(H,27,30)(H,28,31). The maximum absolute atomic E-state index is 12.4. The van der Waals surface area contributed by atoms with Crippen molar-refractivity contribution < 1.29 is 23.8 Å². The summed E-state index contributed by atoms with van der Waals surface area (Å²) >= 11 is 0. The second-order valence-corrected chi connectivity index (χ2v) is 7.47. The van der Waals surface area contributed by atoms with E-state index in [9.17, 15) is 9.59 Å². The Balaban J connectivity index is 1.60. The van der Waals surface area contributed by atoms with Gasteiger partial charge in [-0.05, 0) is 35.9 Å².